The summed E-state index contributed by atoms with van der Waals surface area (Å²) in [6.07, 6.45) is 7.07. The fourth-order valence-electron chi connectivity index (χ4n) is 15.7. The lowest BCUT2D eigenvalue weighted by Gasteiger charge is -2.23. The van der Waals surface area contributed by atoms with Crippen LogP contribution in [0.5, 0.6) is 5.75 Å². The van der Waals surface area contributed by atoms with Gasteiger partial charge in [-0.05, 0) is 165 Å². The van der Waals surface area contributed by atoms with Crippen LogP contribution in [0.1, 0.15) is 133 Å². The van der Waals surface area contributed by atoms with Crippen LogP contribution in [0.2, 0.25) is 5.28 Å². The number of ether oxygens (including phenoxy) is 2. The van der Waals surface area contributed by atoms with Crippen LogP contribution >= 0.6 is 11.6 Å². The average molecular weight is 2090 g/mol. The number of likely N-dealkylation sites (N-methyl/N-ethyl adjacent to an activating group) is 1. The first kappa shape index (κ1) is 102. The van der Waals surface area contributed by atoms with Gasteiger partial charge in [-0.2, -0.15) is 0 Å². The quantitative estimate of drug-likeness (QED) is 0.0464. The third-order valence-corrected chi connectivity index (χ3v) is 26.1. The minimum atomic E-state index is -4.93. The molecular weight excluding hydrogens is 2020 g/mol. The first-order valence-corrected chi connectivity index (χ1v) is 50.3. The van der Waals surface area contributed by atoms with Gasteiger partial charge in [0.15, 0.2) is 34.4 Å². The molecule has 744 valence electrons. The molecule has 15 aromatic rings. The van der Waals surface area contributed by atoms with Crippen molar-refractivity contribution in [2.45, 2.75) is 72.2 Å². The summed E-state index contributed by atoms with van der Waals surface area (Å²) in [5, 5.41) is -2.00. The summed E-state index contributed by atoms with van der Waals surface area (Å²) in [7, 11) is -9.48. The van der Waals surface area contributed by atoms with E-state index in [1.54, 1.807) is 107 Å². The van der Waals surface area contributed by atoms with Gasteiger partial charge >= 0.3 is 12.3 Å². The molecule has 145 heavy (non-hydrogen) atoms. The number of aryl methyl sites for hydroxylation is 2. The Morgan fingerprint density at radius 3 is 1.17 bits per heavy atom. The number of esters is 1. The zero-order chi connectivity index (χ0) is 104. The molecule has 48 heteroatoms. The SMILES string of the molecule is CN1C(=O)c2c(-c3ccco3)nc(S(C)(=O)=O)nc2C1Cc1ccccc1F.CN1C(=O)c2c(nc(S(C)(=O)=O)nc2-c2ccco2)/C1=C/c1ccc(F)cc1F.CN1C(=O)c2c(nc(S(C)(=O)=O)nc2-c2ccco2)/C1=C/c1ccccc1OC(F)(F)F.Cc1ccc(-c2nc(Cl)nc3c2C(=O)OC3(C)Cc2ccccc2F)o1.Cc1ccc(-c2nc(S(C)(=O)=O)nc3c2C(=O)N(C)/C3=C\c2ccc(F)cc2F)o1. The number of aromatic nitrogens is 10. The molecule has 5 aromatic carbocycles. The lowest BCUT2D eigenvalue weighted by Crippen LogP contribution is -2.26. The van der Waals surface area contributed by atoms with E-state index in [-0.39, 0.29) is 166 Å². The van der Waals surface area contributed by atoms with Gasteiger partial charge in [-0.25, -0.2) is 115 Å². The number of rotatable bonds is 17. The van der Waals surface area contributed by atoms with Crippen LogP contribution in [-0.2, 0) is 62.5 Å². The maximum absolute atomic E-state index is 14.2. The highest BCUT2D eigenvalue weighted by atomic mass is 35.5. The summed E-state index contributed by atoms with van der Waals surface area (Å²) in [6, 6.07) is 39.3. The van der Waals surface area contributed by atoms with E-state index in [0.29, 0.717) is 46.2 Å². The zero-order valence-electron chi connectivity index (χ0n) is 77.0. The van der Waals surface area contributed by atoms with Crippen LogP contribution in [-0.4, -0.2) is 192 Å². The number of alkyl halides is 3. The summed E-state index contributed by atoms with van der Waals surface area (Å²) < 4.78 is 255. The minimum absolute atomic E-state index is 0.00592. The maximum atomic E-state index is 14.2. The number of cyclic esters (lactones) is 1. The molecule has 0 radical (unpaired) electrons. The topological polar surface area (TPSA) is 448 Å². The first-order chi connectivity index (χ1) is 68.3. The van der Waals surface area contributed by atoms with Gasteiger partial charge < -0.3 is 51.2 Å². The Bertz CT molecular complexity index is 8440. The van der Waals surface area contributed by atoms with Gasteiger partial charge in [-0.1, -0.05) is 54.6 Å². The third-order valence-electron chi connectivity index (χ3n) is 22.5. The van der Waals surface area contributed by atoms with Gasteiger partial charge in [0.05, 0.1) is 69.9 Å². The molecule has 5 aliphatic heterocycles. The molecular formula is C97H72ClF9N14O20S4. The van der Waals surface area contributed by atoms with Crippen LogP contribution in [0.4, 0.5) is 39.5 Å². The molecule has 2 atom stereocenters. The number of amides is 4. The smallest absolute Gasteiger partial charge is 0.463 e. The Morgan fingerprint density at radius 1 is 0.407 bits per heavy atom. The molecule has 2 unspecified atom stereocenters. The van der Waals surface area contributed by atoms with Gasteiger partial charge in [0.2, 0.25) is 65.3 Å². The highest BCUT2D eigenvalue weighted by Gasteiger charge is 2.49. The van der Waals surface area contributed by atoms with Crippen molar-refractivity contribution in [3.05, 3.63) is 324 Å². The van der Waals surface area contributed by atoms with Crippen molar-refractivity contribution >= 4 is 116 Å². The predicted octanol–water partition coefficient (Wildman–Crippen LogP) is 17.0. The number of halogens is 10. The largest absolute Gasteiger partial charge is 0.573 e. The molecule has 0 saturated carbocycles. The van der Waals surface area contributed by atoms with Crippen molar-refractivity contribution in [1.29, 1.82) is 0 Å². The van der Waals surface area contributed by atoms with Gasteiger partial charge in [-0.3, -0.25) is 19.2 Å². The number of benzene rings is 5. The molecule has 0 N–H and O–H groups in total. The van der Waals surface area contributed by atoms with E-state index >= 15 is 0 Å². The highest BCUT2D eigenvalue weighted by molar-refractivity contribution is 7.91. The molecule has 34 nitrogen and oxygen atoms in total. The van der Waals surface area contributed by atoms with Crippen molar-refractivity contribution in [3.8, 4) is 63.0 Å². The lowest BCUT2D eigenvalue weighted by molar-refractivity contribution is -0.274. The van der Waals surface area contributed by atoms with E-state index in [2.05, 4.69) is 54.6 Å². The van der Waals surface area contributed by atoms with Gasteiger partial charge in [0.25, 0.3) is 23.6 Å². The molecule has 0 fully saturated rings. The summed E-state index contributed by atoms with van der Waals surface area (Å²) in [4.78, 5) is 110. The Hall–Kier alpha value is -16.3. The predicted molar refractivity (Wildman–Crippen MR) is 499 cm³/mol. The minimum Gasteiger partial charge on any atom is -0.463 e. The monoisotopic (exact) mass is 2090 g/mol. The molecule has 15 heterocycles. The van der Waals surface area contributed by atoms with Crippen LogP contribution in [0.15, 0.2) is 231 Å². The van der Waals surface area contributed by atoms with E-state index < -0.39 is 137 Å². The van der Waals surface area contributed by atoms with Crippen LogP contribution in [0.3, 0.4) is 0 Å². The average Bonchev–Trinajstić information content (AvgIpc) is 1.54. The summed E-state index contributed by atoms with van der Waals surface area (Å²) in [6.45, 7) is 5.16. The van der Waals surface area contributed by atoms with Crippen molar-refractivity contribution in [3.63, 3.8) is 0 Å². The van der Waals surface area contributed by atoms with Crippen molar-refractivity contribution in [2.24, 2.45) is 0 Å². The van der Waals surface area contributed by atoms with Crippen molar-refractivity contribution < 1.29 is 129 Å². The molecule has 0 bridgehead atoms. The number of sulfone groups is 4. The maximum Gasteiger partial charge on any atom is 0.573 e. The number of carbonyl (C=O) groups is 5. The van der Waals surface area contributed by atoms with Crippen molar-refractivity contribution in [1.82, 2.24) is 69.4 Å². The number of carbonyl (C=O) groups excluding carboxylic acids is 5. The fraction of sp³-hybridized carbons (Fsp3) is 0.165. The van der Waals surface area contributed by atoms with Crippen LogP contribution in [0.25, 0.3) is 92.6 Å². The standard InChI is InChI=1S/C20H14F3N3O5S.C20H15F2N3O4S.C19H14ClFN2O3.C19H13F2N3O4S.C19H16FN3O4S/c1-26-12(10-11-6-3-4-7-13(11)31-20(21,22)23)16-15(18(26)27)17(14-8-5-9-30-14)25-19(24-16)32(2,28)29;1-10-4-7-15(29-10)18-16-17(23-20(24-18)30(3,27)28)14(25(2)19(16)26)8-11-5-6-12(21)9-13(11)22;1-10-7-8-13(25-10)15-14-16(23-18(20)22-15)19(2,26-17(14)24)9-11-5-3-4-6-12(11)21;1-24-13(8-10-5-6-11(20)9-12(10)21)16-15(18(24)25)17(14-4-3-7-28-14)23-19(22-16)29(2,26)27;1-23-13(10-11-6-3-4-7-12(11)20)16-15(18(23)24)17(14-8-5-9-27-14)22-19(21-16)28(2,25)26/h3-10H,1-2H3;4-9H,1-3H3;3-8H,9H2,1-2H3;3-9H,1-2H3;3-9,13H,10H2,1-2H3/b12-10-;14-8-;;13-8-;. The molecule has 0 aliphatic carbocycles. The molecule has 4 amide bonds. The molecule has 10 aromatic heterocycles. The highest BCUT2D eigenvalue weighted by Crippen LogP contribution is 2.47. The first-order valence-electron chi connectivity index (χ1n) is 42.4. The zero-order valence-corrected chi connectivity index (χ0v) is 81.0. The molecule has 0 saturated heterocycles. The molecule has 0 spiro atoms. The number of hydrogen-bond donors (Lipinski definition) is 0. The van der Waals surface area contributed by atoms with Gasteiger partial charge in [-0.15, -0.1) is 13.2 Å². The van der Waals surface area contributed by atoms with Crippen molar-refractivity contribution in [2.75, 3.05) is 53.2 Å². The molecule has 5 aliphatic rings. The lowest BCUT2D eigenvalue weighted by atomic mass is 9.91. The Labute approximate surface area is 822 Å². The second-order valence-corrected chi connectivity index (χ2v) is 40.9. The fourth-order valence-corrected chi connectivity index (χ4v) is 17.9. The van der Waals surface area contributed by atoms with Crippen LogP contribution < -0.4 is 4.74 Å². The molecule has 20 rings (SSSR count). The van der Waals surface area contributed by atoms with E-state index in [1.165, 1.54) is 134 Å². The Morgan fingerprint density at radius 2 is 0.779 bits per heavy atom. The number of hydrogen-bond acceptors (Lipinski definition) is 30. The normalized spacial score (nSPS) is 16.1. The number of para-hydroxylation sites is 1. The summed E-state index contributed by atoms with van der Waals surface area (Å²) in [5.41, 5.74) is 1.40. The Kier molecular flexibility index (Phi) is 27.5. The summed E-state index contributed by atoms with van der Waals surface area (Å²) in [5.74, 6) is -4.60. The van der Waals surface area contributed by atoms with E-state index in [0.717, 1.165) is 48.1 Å². The van der Waals surface area contributed by atoms with Crippen LogP contribution in [0, 0.1) is 48.8 Å². The Balaban J connectivity index is 0.000000130. The van der Waals surface area contributed by atoms with E-state index in [9.17, 15) is 97.2 Å². The second-order valence-electron chi connectivity index (χ2n) is 33.0. The second kappa shape index (κ2) is 39.2. The van der Waals surface area contributed by atoms with E-state index in [4.69, 9.17) is 38.4 Å². The van der Waals surface area contributed by atoms with Gasteiger partial charge in [0, 0.05) is 94.9 Å². The third kappa shape index (κ3) is 20.9. The number of nitrogens with zero attached hydrogens (tertiary/aromatic N) is 14. The summed E-state index contributed by atoms with van der Waals surface area (Å²) >= 11 is 6.09. The number of fused-ring (bicyclic) bond motifs is 5. The number of furan rings is 5. The van der Waals surface area contributed by atoms with Gasteiger partial charge in [0.1, 0.15) is 109 Å². The van der Waals surface area contributed by atoms with E-state index in [1.807, 2.05) is 0 Å².